The molecule has 6 heteroatoms. The summed E-state index contributed by atoms with van der Waals surface area (Å²) >= 11 is 5.84. The molecule has 2 rings (SSSR count). The molecule has 0 atom stereocenters. The zero-order chi connectivity index (χ0) is 15.4. The minimum absolute atomic E-state index is 0.0607. The summed E-state index contributed by atoms with van der Waals surface area (Å²) < 4.78 is 13.6. The summed E-state index contributed by atoms with van der Waals surface area (Å²) in [5.74, 6) is -0.970. The van der Waals surface area contributed by atoms with Crippen molar-refractivity contribution < 1.29 is 9.18 Å². The van der Waals surface area contributed by atoms with Crippen LogP contribution in [0.5, 0.6) is 0 Å². The third-order valence-electron chi connectivity index (χ3n) is 2.65. The van der Waals surface area contributed by atoms with Crippen LogP contribution < -0.4 is 10.6 Å². The molecule has 1 aromatic carbocycles. The molecule has 0 fully saturated rings. The Bertz CT molecular complexity index is 624. The van der Waals surface area contributed by atoms with Crippen LogP contribution in [0.2, 0.25) is 5.02 Å². The van der Waals surface area contributed by atoms with Crippen molar-refractivity contribution in [3.05, 3.63) is 52.9 Å². The van der Waals surface area contributed by atoms with Gasteiger partial charge in [-0.15, -0.1) is 0 Å². The highest BCUT2D eigenvalue weighted by molar-refractivity contribution is 6.34. The highest BCUT2D eigenvalue weighted by Gasteiger charge is 2.16. The molecule has 2 N–H and O–H groups in total. The van der Waals surface area contributed by atoms with Crippen molar-refractivity contribution in [3.63, 3.8) is 0 Å². The van der Waals surface area contributed by atoms with Gasteiger partial charge < -0.3 is 10.6 Å². The van der Waals surface area contributed by atoms with E-state index in [1.165, 1.54) is 18.2 Å². The van der Waals surface area contributed by atoms with Gasteiger partial charge in [0, 0.05) is 6.04 Å². The van der Waals surface area contributed by atoms with E-state index in [9.17, 15) is 9.18 Å². The fourth-order valence-electron chi connectivity index (χ4n) is 1.78. The van der Waals surface area contributed by atoms with Gasteiger partial charge in [-0.2, -0.15) is 0 Å². The normalized spacial score (nSPS) is 10.5. The van der Waals surface area contributed by atoms with Crippen molar-refractivity contribution in [3.8, 4) is 0 Å². The van der Waals surface area contributed by atoms with Crippen LogP contribution in [-0.2, 0) is 0 Å². The van der Waals surface area contributed by atoms with Crippen molar-refractivity contribution in [1.82, 2.24) is 4.98 Å². The van der Waals surface area contributed by atoms with Crippen molar-refractivity contribution in [2.24, 2.45) is 0 Å². The van der Waals surface area contributed by atoms with Crippen LogP contribution in [0.4, 0.5) is 15.9 Å². The number of benzene rings is 1. The Labute approximate surface area is 127 Å². The number of nitrogens with one attached hydrogen (secondary N) is 2. The van der Waals surface area contributed by atoms with E-state index in [0.717, 1.165) is 5.69 Å². The summed E-state index contributed by atoms with van der Waals surface area (Å²) in [6.45, 7) is 4.02. The van der Waals surface area contributed by atoms with Crippen LogP contribution in [0.15, 0.2) is 36.5 Å². The van der Waals surface area contributed by atoms with Crippen LogP contribution >= 0.6 is 11.6 Å². The van der Waals surface area contributed by atoms with E-state index in [1.807, 2.05) is 13.8 Å². The van der Waals surface area contributed by atoms with Crippen molar-refractivity contribution in [2.75, 3.05) is 10.6 Å². The van der Waals surface area contributed by atoms with E-state index in [1.54, 1.807) is 18.3 Å². The molecule has 0 aliphatic heterocycles. The summed E-state index contributed by atoms with van der Waals surface area (Å²) in [6.07, 6.45) is 1.60. The predicted octanol–water partition coefficient (Wildman–Crippen LogP) is 3.95. The third kappa shape index (κ3) is 3.92. The van der Waals surface area contributed by atoms with Crippen LogP contribution in [-0.4, -0.2) is 16.9 Å². The minimum Gasteiger partial charge on any atom is -0.382 e. The minimum atomic E-state index is -0.668. The van der Waals surface area contributed by atoms with Crippen molar-refractivity contribution >= 4 is 29.0 Å². The molecular formula is C15H15ClFN3O. The first-order valence-corrected chi connectivity index (χ1v) is 6.83. The first-order chi connectivity index (χ1) is 9.97. The van der Waals surface area contributed by atoms with Gasteiger partial charge in [0.1, 0.15) is 11.6 Å². The Morgan fingerprint density at radius 1 is 1.29 bits per heavy atom. The van der Waals surface area contributed by atoms with Gasteiger partial charge in [0.25, 0.3) is 5.91 Å². The lowest BCUT2D eigenvalue weighted by Crippen LogP contribution is -2.15. The van der Waals surface area contributed by atoms with Crippen LogP contribution in [0.25, 0.3) is 0 Å². The molecule has 1 heterocycles. The SMILES string of the molecule is CC(C)Nc1ccc(NC(=O)c2c(F)cccc2Cl)nc1. The maximum atomic E-state index is 13.6. The Morgan fingerprint density at radius 3 is 2.62 bits per heavy atom. The molecule has 110 valence electrons. The summed E-state index contributed by atoms with van der Waals surface area (Å²) in [5.41, 5.74) is 0.650. The van der Waals surface area contributed by atoms with Gasteiger partial charge in [-0.05, 0) is 38.1 Å². The maximum Gasteiger partial charge on any atom is 0.261 e. The van der Waals surface area contributed by atoms with Gasteiger partial charge in [-0.3, -0.25) is 4.79 Å². The highest BCUT2D eigenvalue weighted by atomic mass is 35.5. The zero-order valence-electron chi connectivity index (χ0n) is 11.7. The number of hydrogen-bond acceptors (Lipinski definition) is 3. The standard InChI is InChI=1S/C15H15ClFN3O/c1-9(2)19-10-6-7-13(18-8-10)20-15(21)14-11(16)4-3-5-12(14)17/h3-9,19H,1-2H3,(H,18,20,21). The van der Waals surface area contributed by atoms with Crippen molar-refractivity contribution in [2.45, 2.75) is 19.9 Å². The van der Waals surface area contributed by atoms with E-state index in [2.05, 4.69) is 15.6 Å². The highest BCUT2D eigenvalue weighted by Crippen LogP contribution is 2.20. The van der Waals surface area contributed by atoms with Gasteiger partial charge in [0.2, 0.25) is 0 Å². The average molecular weight is 308 g/mol. The summed E-state index contributed by atoms with van der Waals surface area (Å²) in [7, 11) is 0. The predicted molar refractivity (Wildman–Crippen MR) is 82.4 cm³/mol. The first-order valence-electron chi connectivity index (χ1n) is 6.45. The second kappa shape index (κ2) is 6.54. The number of aromatic nitrogens is 1. The number of pyridine rings is 1. The van der Waals surface area contributed by atoms with E-state index >= 15 is 0 Å². The Kier molecular flexibility index (Phi) is 4.75. The van der Waals surface area contributed by atoms with Gasteiger partial charge >= 0.3 is 0 Å². The number of halogens is 2. The van der Waals surface area contributed by atoms with E-state index in [0.29, 0.717) is 5.82 Å². The van der Waals surface area contributed by atoms with E-state index in [-0.39, 0.29) is 16.6 Å². The quantitative estimate of drug-likeness (QED) is 0.899. The van der Waals surface area contributed by atoms with Gasteiger partial charge in [-0.1, -0.05) is 17.7 Å². The molecule has 0 unspecified atom stereocenters. The van der Waals surface area contributed by atoms with Crippen LogP contribution in [0.1, 0.15) is 24.2 Å². The zero-order valence-corrected chi connectivity index (χ0v) is 12.4. The molecular weight excluding hydrogens is 293 g/mol. The van der Waals surface area contributed by atoms with E-state index in [4.69, 9.17) is 11.6 Å². The van der Waals surface area contributed by atoms with Gasteiger partial charge in [-0.25, -0.2) is 9.37 Å². The number of rotatable bonds is 4. The molecule has 0 saturated heterocycles. The molecule has 0 bridgehead atoms. The fourth-order valence-corrected chi connectivity index (χ4v) is 2.03. The second-order valence-corrected chi connectivity index (χ2v) is 5.19. The molecule has 2 aromatic rings. The lowest BCUT2D eigenvalue weighted by atomic mass is 10.2. The third-order valence-corrected chi connectivity index (χ3v) is 2.97. The van der Waals surface area contributed by atoms with Gasteiger partial charge in [0.05, 0.1) is 22.5 Å². The molecule has 1 aromatic heterocycles. The number of hydrogen-bond donors (Lipinski definition) is 2. The molecule has 0 aliphatic carbocycles. The number of amides is 1. The smallest absolute Gasteiger partial charge is 0.261 e. The molecule has 21 heavy (non-hydrogen) atoms. The maximum absolute atomic E-state index is 13.6. The van der Waals surface area contributed by atoms with Gasteiger partial charge in [0.15, 0.2) is 0 Å². The monoisotopic (exact) mass is 307 g/mol. The van der Waals surface area contributed by atoms with Crippen LogP contribution in [0, 0.1) is 5.82 Å². The lowest BCUT2D eigenvalue weighted by molar-refractivity contribution is 0.102. The fraction of sp³-hybridized carbons (Fsp3) is 0.200. The Morgan fingerprint density at radius 2 is 2.05 bits per heavy atom. The number of carbonyl (C=O) groups excluding carboxylic acids is 1. The van der Waals surface area contributed by atoms with Crippen molar-refractivity contribution in [1.29, 1.82) is 0 Å². The molecule has 4 nitrogen and oxygen atoms in total. The number of carbonyl (C=O) groups is 1. The van der Waals surface area contributed by atoms with Crippen LogP contribution in [0.3, 0.4) is 0 Å². The second-order valence-electron chi connectivity index (χ2n) is 4.78. The summed E-state index contributed by atoms with van der Waals surface area (Å²) in [4.78, 5) is 16.1. The Balaban J connectivity index is 2.13. The molecule has 0 spiro atoms. The Hall–Kier alpha value is -2.14. The molecule has 0 radical (unpaired) electrons. The summed E-state index contributed by atoms with van der Waals surface area (Å²) in [6, 6.07) is 7.79. The summed E-state index contributed by atoms with van der Waals surface area (Å²) in [5, 5.41) is 5.76. The largest absolute Gasteiger partial charge is 0.382 e. The topological polar surface area (TPSA) is 54.0 Å². The first kappa shape index (κ1) is 15.3. The number of anilines is 2. The molecule has 0 aliphatic rings. The average Bonchev–Trinajstić information content (AvgIpc) is 2.40. The molecule has 1 amide bonds. The number of nitrogens with zero attached hydrogens (tertiary/aromatic N) is 1. The van der Waals surface area contributed by atoms with E-state index < -0.39 is 11.7 Å². The molecule has 0 saturated carbocycles. The lowest BCUT2D eigenvalue weighted by Gasteiger charge is -2.10.